The van der Waals surface area contributed by atoms with E-state index < -0.39 is 0 Å². The summed E-state index contributed by atoms with van der Waals surface area (Å²) in [4.78, 5) is 12.7. The SMILES string of the molecule is C=NCc1c(-c2cccnc2)cc(-c2ccc(OC)cc2)nc1N. The van der Waals surface area contributed by atoms with Crippen molar-refractivity contribution in [2.24, 2.45) is 4.99 Å². The number of nitrogens with zero attached hydrogens (tertiary/aromatic N) is 3. The van der Waals surface area contributed by atoms with Gasteiger partial charge in [-0.3, -0.25) is 9.98 Å². The minimum absolute atomic E-state index is 0.409. The Morgan fingerprint density at radius 1 is 1.17 bits per heavy atom. The molecule has 1 aromatic carbocycles. The van der Waals surface area contributed by atoms with E-state index in [1.54, 1.807) is 19.5 Å². The Hall–Kier alpha value is -3.21. The Kier molecular flexibility index (Phi) is 4.52. The number of aromatic nitrogens is 2. The van der Waals surface area contributed by atoms with Crippen LogP contribution >= 0.6 is 0 Å². The molecule has 0 saturated carbocycles. The monoisotopic (exact) mass is 318 g/mol. The minimum atomic E-state index is 0.409. The summed E-state index contributed by atoms with van der Waals surface area (Å²) in [5.74, 6) is 1.25. The fraction of sp³-hybridized carbons (Fsp3) is 0.105. The van der Waals surface area contributed by atoms with Crippen molar-refractivity contribution in [3.05, 3.63) is 60.4 Å². The van der Waals surface area contributed by atoms with Crippen LogP contribution in [0.15, 0.2) is 59.9 Å². The number of anilines is 1. The number of methoxy groups -OCH3 is 1. The highest BCUT2D eigenvalue weighted by molar-refractivity contribution is 5.77. The molecule has 0 unspecified atom stereocenters. The lowest BCUT2D eigenvalue weighted by atomic mass is 9.99. The molecule has 2 heterocycles. The maximum atomic E-state index is 6.20. The molecule has 3 rings (SSSR count). The Morgan fingerprint density at radius 2 is 1.96 bits per heavy atom. The third kappa shape index (κ3) is 3.10. The molecule has 0 saturated heterocycles. The fourth-order valence-corrected chi connectivity index (χ4v) is 2.56. The van der Waals surface area contributed by atoms with Crippen molar-refractivity contribution in [2.75, 3.05) is 12.8 Å². The maximum Gasteiger partial charge on any atom is 0.129 e. The molecule has 2 aromatic heterocycles. The molecule has 0 amide bonds. The van der Waals surface area contributed by atoms with Crippen LogP contribution in [0.3, 0.4) is 0 Å². The zero-order valence-corrected chi connectivity index (χ0v) is 13.4. The van der Waals surface area contributed by atoms with Crippen LogP contribution in [-0.4, -0.2) is 23.8 Å². The first-order chi connectivity index (χ1) is 11.7. The van der Waals surface area contributed by atoms with Gasteiger partial charge >= 0.3 is 0 Å². The van der Waals surface area contributed by atoms with Crippen molar-refractivity contribution >= 4 is 12.5 Å². The van der Waals surface area contributed by atoms with E-state index in [2.05, 4.69) is 21.7 Å². The molecule has 3 aromatic rings. The number of hydrogen-bond donors (Lipinski definition) is 1. The molecule has 0 bridgehead atoms. The van der Waals surface area contributed by atoms with Crippen LogP contribution in [0.25, 0.3) is 22.4 Å². The second-order valence-corrected chi connectivity index (χ2v) is 5.27. The molecule has 0 spiro atoms. The number of ether oxygens (including phenoxy) is 1. The minimum Gasteiger partial charge on any atom is -0.497 e. The number of nitrogen functional groups attached to an aromatic ring is 1. The summed E-state index contributed by atoms with van der Waals surface area (Å²) in [5.41, 5.74) is 10.7. The van der Waals surface area contributed by atoms with Crippen LogP contribution in [0, 0.1) is 0 Å². The molecule has 5 nitrogen and oxygen atoms in total. The van der Waals surface area contributed by atoms with Gasteiger partial charge in [-0.1, -0.05) is 6.07 Å². The van der Waals surface area contributed by atoms with E-state index in [0.29, 0.717) is 12.4 Å². The molecule has 24 heavy (non-hydrogen) atoms. The highest BCUT2D eigenvalue weighted by Crippen LogP contribution is 2.32. The summed E-state index contributed by atoms with van der Waals surface area (Å²) in [6.45, 7) is 3.98. The van der Waals surface area contributed by atoms with Crippen LogP contribution in [-0.2, 0) is 6.54 Å². The molecule has 0 atom stereocenters. The van der Waals surface area contributed by atoms with E-state index in [0.717, 1.165) is 33.7 Å². The van der Waals surface area contributed by atoms with Gasteiger partial charge in [-0.25, -0.2) is 4.98 Å². The third-order valence-corrected chi connectivity index (χ3v) is 3.78. The summed E-state index contributed by atoms with van der Waals surface area (Å²) in [5, 5.41) is 0. The number of pyridine rings is 2. The van der Waals surface area contributed by atoms with Crippen molar-refractivity contribution in [2.45, 2.75) is 6.54 Å². The van der Waals surface area contributed by atoms with E-state index in [-0.39, 0.29) is 0 Å². The summed E-state index contributed by atoms with van der Waals surface area (Å²) < 4.78 is 5.20. The molecule has 2 N–H and O–H groups in total. The van der Waals surface area contributed by atoms with Gasteiger partial charge in [-0.15, -0.1) is 0 Å². The van der Waals surface area contributed by atoms with Crippen molar-refractivity contribution in [1.29, 1.82) is 0 Å². The van der Waals surface area contributed by atoms with Crippen LogP contribution in [0.2, 0.25) is 0 Å². The molecular formula is C19H18N4O. The highest BCUT2D eigenvalue weighted by Gasteiger charge is 2.13. The number of benzene rings is 1. The molecule has 0 fully saturated rings. The smallest absolute Gasteiger partial charge is 0.129 e. The van der Waals surface area contributed by atoms with Gasteiger partial charge in [0.25, 0.3) is 0 Å². The summed E-state index contributed by atoms with van der Waals surface area (Å²) in [6, 6.07) is 13.6. The van der Waals surface area contributed by atoms with Crippen LogP contribution in [0.4, 0.5) is 5.82 Å². The van der Waals surface area contributed by atoms with Gasteiger partial charge in [0.2, 0.25) is 0 Å². The first kappa shape index (κ1) is 15.7. The second kappa shape index (κ2) is 6.91. The predicted octanol–water partition coefficient (Wildman–Crippen LogP) is 3.60. The summed E-state index contributed by atoms with van der Waals surface area (Å²) in [6.07, 6.45) is 3.54. The van der Waals surface area contributed by atoms with Crippen molar-refractivity contribution in [1.82, 2.24) is 9.97 Å². The standard InChI is InChI=1S/C19H18N4O/c1-21-12-17-16(14-4-3-9-22-11-14)10-18(23-19(17)20)13-5-7-15(24-2)8-6-13/h3-11H,1,12H2,2H3,(H2,20,23). The molecule has 0 aliphatic heterocycles. The average molecular weight is 318 g/mol. The van der Waals surface area contributed by atoms with Gasteiger partial charge in [0.1, 0.15) is 11.6 Å². The first-order valence-electron chi connectivity index (χ1n) is 7.49. The van der Waals surface area contributed by atoms with E-state index in [1.165, 1.54) is 0 Å². The Bertz CT molecular complexity index is 845. The van der Waals surface area contributed by atoms with Crippen molar-refractivity contribution < 1.29 is 4.74 Å². The van der Waals surface area contributed by atoms with Gasteiger partial charge < -0.3 is 10.5 Å². The molecule has 5 heteroatoms. The van der Waals surface area contributed by atoms with E-state index >= 15 is 0 Å². The van der Waals surface area contributed by atoms with Gasteiger partial charge in [-0.2, -0.15) is 0 Å². The number of hydrogen-bond acceptors (Lipinski definition) is 5. The van der Waals surface area contributed by atoms with Crippen molar-refractivity contribution in [3.8, 4) is 28.1 Å². The number of rotatable bonds is 5. The van der Waals surface area contributed by atoms with Crippen LogP contribution in [0.1, 0.15) is 5.56 Å². The zero-order chi connectivity index (χ0) is 16.9. The largest absolute Gasteiger partial charge is 0.497 e. The van der Waals surface area contributed by atoms with Gasteiger partial charge in [-0.05, 0) is 48.7 Å². The predicted molar refractivity (Wildman–Crippen MR) is 97.1 cm³/mol. The Balaban J connectivity index is 2.15. The van der Waals surface area contributed by atoms with Gasteiger partial charge in [0.15, 0.2) is 0 Å². The third-order valence-electron chi connectivity index (χ3n) is 3.78. The number of aliphatic imine (C=N–C) groups is 1. The van der Waals surface area contributed by atoms with Crippen LogP contribution in [0.5, 0.6) is 5.75 Å². The summed E-state index contributed by atoms with van der Waals surface area (Å²) >= 11 is 0. The highest BCUT2D eigenvalue weighted by atomic mass is 16.5. The number of nitrogens with two attached hydrogens (primary N) is 1. The van der Waals surface area contributed by atoms with Crippen molar-refractivity contribution in [3.63, 3.8) is 0 Å². The lowest BCUT2D eigenvalue weighted by molar-refractivity contribution is 0.415. The normalized spacial score (nSPS) is 10.4. The summed E-state index contributed by atoms with van der Waals surface area (Å²) in [7, 11) is 1.64. The molecule has 120 valence electrons. The van der Waals surface area contributed by atoms with E-state index in [9.17, 15) is 0 Å². The van der Waals surface area contributed by atoms with E-state index in [1.807, 2.05) is 42.5 Å². The molecular weight excluding hydrogens is 300 g/mol. The molecule has 0 radical (unpaired) electrons. The fourth-order valence-electron chi connectivity index (χ4n) is 2.56. The lowest BCUT2D eigenvalue weighted by Crippen LogP contribution is -2.02. The lowest BCUT2D eigenvalue weighted by Gasteiger charge is -2.13. The average Bonchev–Trinajstić information content (AvgIpc) is 2.64. The van der Waals surface area contributed by atoms with E-state index in [4.69, 9.17) is 10.5 Å². The first-order valence-corrected chi connectivity index (χ1v) is 7.49. The molecule has 0 aliphatic carbocycles. The second-order valence-electron chi connectivity index (χ2n) is 5.27. The molecule has 0 aliphatic rings. The zero-order valence-electron chi connectivity index (χ0n) is 13.4. The quantitative estimate of drug-likeness (QED) is 0.729. The Labute approximate surface area is 140 Å². The Morgan fingerprint density at radius 3 is 2.58 bits per heavy atom. The topological polar surface area (TPSA) is 73.4 Å². The van der Waals surface area contributed by atoms with Gasteiger partial charge in [0, 0.05) is 29.1 Å². The maximum absolute atomic E-state index is 6.20. The van der Waals surface area contributed by atoms with Gasteiger partial charge in [0.05, 0.1) is 19.3 Å². The van der Waals surface area contributed by atoms with Crippen LogP contribution < -0.4 is 10.5 Å².